The molecule has 0 atom stereocenters. The summed E-state index contributed by atoms with van der Waals surface area (Å²) in [5.41, 5.74) is 0.677. The molecule has 1 aliphatic heterocycles. The van der Waals surface area contributed by atoms with Gasteiger partial charge < -0.3 is 10.1 Å². The lowest BCUT2D eigenvalue weighted by Gasteiger charge is -2.21. The van der Waals surface area contributed by atoms with Crippen LogP contribution in [-0.4, -0.2) is 28.1 Å². The van der Waals surface area contributed by atoms with Gasteiger partial charge in [0.05, 0.1) is 10.9 Å². The quantitative estimate of drug-likeness (QED) is 0.899. The minimum absolute atomic E-state index is 0.0167. The highest BCUT2D eigenvalue weighted by Gasteiger charge is 2.17. The topological polar surface area (TPSA) is 73.2 Å². The van der Waals surface area contributed by atoms with E-state index in [4.69, 9.17) is 4.74 Å². The van der Waals surface area contributed by atoms with Crippen LogP contribution in [0.1, 0.15) is 57.2 Å². The second-order valence-electron chi connectivity index (χ2n) is 7.67. The Balaban J connectivity index is 1.40. The summed E-state index contributed by atoms with van der Waals surface area (Å²) in [5.74, 6) is 1.30. The Kier molecular flexibility index (Phi) is 5.41. The number of hydrogen-bond donors (Lipinski definition) is 1. The maximum atomic E-state index is 12.6. The molecule has 1 fully saturated rings. The summed E-state index contributed by atoms with van der Waals surface area (Å²) in [6, 6.07) is 5.55. The molecule has 6 nitrogen and oxygen atoms in total. The van der Waals surface area contributed by atoms with E-state index in [0.29, 0.717) is 16.7 Å². The summed E-state index contributed by atoms with van der Waals surface area (Å²) < 4.78 is 7.40. The van der Waals surface area contributed by atoms with Gasteiger partial charge in [-0.2, -0.15) is 0 Å². The van der Waals surface area contributed by atoms with Gasteiger partial charge in [0.15, 0.2) is 6.61 Å². The zero-order valence-corrected chi connectivity index (χ0v) is 15.7. The molecule has 0 saturated heterocycles. The molecule has 1 saturated carbocycles. The van der Waals surface area contributed by atoms with Crippen molar-refractivity contribution in [2.24, 2.45) is 0 Å². The summed E-state index contributed by atoms with van der Waals surface area (Å²) in [5, 5.41) is 3.65. The third-order valence-corrected chi connectivity index (χ3v) is 5.63. The Labute approximate surface area is 158 Å². The number of aryl methyl sites for hydroxylation is 1. The Morgan fingerprint density at radius 2 is 1.93 bits per heavy atom. The predicted molar refractivity (Wildman–Crippen MR) is 104 cm³/mol. The number of aromatic nitrogens is 2. The monoisotopic (exact) mass is 369 g/mol. The molecule has 1 N–H and O–H groups in total. The van der Waals surface area contributed by atoms with Crippen molar-refractivity contribution >= 4 is 16.8 Å². The molecule has 1 amide bonds. The van der Waals surface area contributed by atoms with Gasteiger partial charge in [0.1, 0.15) is 11.6 Å². The minimum Gasteiger partial charge on any atom is -0.484 e. The van der Waals surface area contributed by atoms with Gasteiger partial charge in [-0.15, -0.1) is 0 Å². The molecule has 2 heterocycles. The average Bonchev–Trinajstić information content (AvgIpc) is 3.11. The highest BCUT2D eigenvalue weighted by Crippen LogP contribution is 2.20. The van der Waals surface area contributed by atoms with E-state index >= 15 is 0 Å². The molecular formula is C21H27N3O3. The standard InChI is InChI=1S/C21H27N3O3/c25-20(22-15-7-4-2-1-3-5-8-15)14-27-16-10-11-18-17(13-16)21(26)24-12-6-9-19(24)23-18/h10-11,13,15H,1-9,12,14H2,(H,22,25). The number of fused-ring (bicyclic) bond motifs is 2. The largest absolute Gasteiger partial charge is 0.484 e. The number of ether oxygens (including phenoxy) is 1. The van der Waals surface area contributed by atoms with Gasteiger partial charge in [-0.05, 0) is 37.5 Å². The van der Waals surface area contributed by atoms with Crippen LogP contribution in [0, 0.1) is 0 Å². The molecule has 6 heteroatoms. The molecule has 27 heavy (non-hydrogen) atoms. The number of rotatable bonds is 4. The molecule has 1 aliphatic carbocycles. The van der Waals surface area contributed by atoms with Crippen molar-refractivity contribution in [3.8, 4) is 5.75 Å². The van der Waals surface area contributed by atoms with Crippen LogP contribution >= 0.6 is 0 Å². The number of nitrogens with one attached hydrogen (secondary N) is 1. The van der Waals surface area contributed by atoms with E-state index < -0.39 is 0 Å². The van der Waals surface area contributed by atoms with Crippen molar-refractivity contribution in [3.05, 3.63) is 34.4 Å². The number of carbonyl (C=O) groups excluding carboxylic acids is 1. The summed E-state index contributed by atoms with van der Waals surface area (Å²) in [7, 11) is 0. The van der Waals surface area contributed by atoms with E-state index in [1.807, 2.05) is 0 Å². The number of nitrogens with zero attached hydrogens (tertiary/aromatic N) is 2. The van der Waals surface area contributed by atoms with Crippen LogP contribution in [0.4, 0.5) is 0 Å². The fourth-order valence-electron chi connectivity index (χ4n) is 4.17. The maximum Gasteiger partial charge on any atom is 0.261 e. The van der Waals surface area contributed by atoms with Gasteiger partial charge in [-0.25, -0.2) is 4.98 Å². The third kappa shape index (κ3) is 4.15. The van der Waals surface area contributed by atoms with Crippen LogP contribution in [0.3, 0.4) is 0 Å². The Hall–Kier alpha value is -2.37. The molecule has 4 rings (SSSR count). The fourth-order valence-corrected chi connectivity index (χ4v) is 4.17. The number of benzene rings is 1. The zero-order chi connectivity index (χ0) is 18.6. The van der Waals surface area contributed by atoms with Gasteiger partial charge in [-0.1, -0.05) is 32.1 Å². The Morgan fingerprint density at radius 3 is 2.74 bits per heavy atom. The van der Waals surface area contributed by atoms with E-state index in [1.165, 1.54) is 32.1 Å². The van der Waals surface area contributed by atoms with Gasteiger partial charge in [0, 0.05) is 19.0 Å². The smallest absolute Gasteiger partial charge is 0.261 e. The molecule has 0 unspecified atom stereocenters. The highest BCUT2D eigenvalue weighted by atomic mass is 16.5. The SMILES string of the molecule is O=C(COc1ccc2nc3n(c(=O)c2c1)CCC3)NC1CCCCCCC1. The van der Waals surface area contributed by atoms with Crippen LogP contribution in [0.5, 0.6) is 5.75 Å². The van der Waals surface area contributed by atoms with Crippen molar-refractivity contribution < 1.29 is 9.53 Å². The third-order valence-electron chi connectivity index (χ3n) is 5.63. The zero-order valence-electron chi connectivity index (χ0n) is 15.7. The van der Waals surface area contributed by atoms with Crippen molar-refractivity contribution in [2.45, 2.75) is 70.4 Å². The molecule has 0 bridgehead atoms. The normalized spacial score (nSPS) is 17.9. The lowest BCUT2D eigenvalue weighted by molar-refractivity contribution is -0.123. The van der Waals surface area contributed by atoms with Crippen LogP contribution in [0.15, 0.2) is 23.0 Å². The molecule has 2 aliphatic rings. The number of hydrogen-bond acceptors (Lipinski definition) is 4. The number of carbonyl (C=O) groups is 1. The molecule has 1 aromatic heterocycles. The first-order valence-corrected chi connectivity index (χ1v) is 10.2. The van der Waals surface area contributed by atoms with E-state index in [9.17, 15) is 9.59 Å². The minimum atomic E-state index is -0.0931. The summed E-state index contributed by atoms with van der Waals surface area (Å²) in [6.07, 6.45) is 10.1. The molecule has 0 spiro atoms. The van der Waals surface area contributed by atoms with Gasteiger partial charge >= 0.3 is 0 Å². The Bertz CT molecular complexity index is 882. The fraction of sp³-hybridized carbons (Fsp3) is 0.571. The predicted octanol–water partition coefficient (Wildman–Crippen LogP) is 2.95. The van der Waals surface area contributed by atoms with Crippen molar-refractivity contribution in [1.82, 2.24) is 14.9 Å². The van der Waals surface area contributed by atoms with Crippen LogP contribution in [0.25, 0.3) is 10.9 Å². The number of amides is 1. The molecular weight excluding hydrogens is 342 g/mol. The molecule has 144 valence electrons. The van der Waals surface area contributed by atoms with Gasteiger partial charge in [0.2, 0.25) is 0 Å². The van der Waals surface area contributed by atoms with Crippen molar-refractivity contribution in [1.29, 1.82) is 0 Å². The summed E-state index contributed by atoms with van der Waals surface area (Å²) >= 11 is 0. The van der Waals surface area contributed by atoms with Crippen LogP contribution in [-0.2, 0) is 17.8 Å². The van der Waals surface area contributed by atoms with Crippen molar-refractivity contribution in [2.75, 3.05) is 6.61 Å². The van der Waals surface area contributed by atoms with Gasteiger partial charge in [0.25, 0.3) is 11.5 Å². The lowest BCUT2D eigenvalue weighted by Crippen LogP contribution is -2.38. The Morgan fingerprint density at radius 1 is 1.15 bits per heavy atom. The molecule has 0 radical (unpaired) electrons. The second kappa shape index (κ2) is 8.11. The van der Waals surface area contributed by atoms with E-state index in [0.717, 1.165) is 38.1 Å². The van der Waals surface area contributed by atoms with Crippen LogP contribution < -0.4 is 15.6 Å². The molecule has 2 aromatic rings. The molecule has 1 aromatic carbocycles. The van der Waals surface area contributed by atoms with Gasteiger partial charge in [-0.3, -0.25) is 14.2 Å². The first kappa shape index (κ1) is 18.0. The maximum absolute atomic E-state index is 12.6. The lowest BCUT2D eigenvalue weighted by atomic mass is 9.97. The van der Waals surface area contributed by atoms with Crippen molar-refractivity contribution in [3.63, 3.8) is 0 Å². The van der Waals surface area contributed by atoms with E-state index in [-0.39, 0.29) is 24.1 Å². The summed E-state index contributed by atoms with van der Waals surface area (Å²) in [6.45, 7) is 0.702. The van der Waals surface area contributed by atoms with E-state index in [2.05, 4.69) is 10.3 Å². The summed E-state index contributed by atoms with van der Waals surface area (Å²) in [4.78, 5) is 29.4. The van der Waals surface area contributed by atoms with Crippen LogP contribution in [0.2, 0.25) is 0 Å². The average molecular weight is 369 g/mol. The first-order chi connectivity index (χ1) is 13.2. The highest BCUT2D eigenvalue weighted by molar-refractivity contribution is 5.80. The first-order valence-electron chi connectivity index (χ1n) is 10.2. The second-order valence-corrected chi connectivity index (χ2v) is 7.67. The van der Waals surface area contributed by atoms with E-state index in [1.54, 1.807) is 22.8 Å².